The molecule has 0 spiro atoms. The Morgan fingerprint density at radius 1 is 0.938 bits per heavy atom. The van der Waals surface area contributed by atoms with E-state index in [1.165, 1.54) is 81.7 Å². The largest absolute Gasteiger partial charge is 0.481 e. The molecule has 0 heterocycles. The van der Waals surface area contributed by atoms with Crippen molar-refractivity contribution in [3.8, 4) is 11.1 Å². The molecular weight excluding hydrogens is 406 g/mol. The molecule has 0 aromatic heterocycles. The van der Waals surface area contributed by atoms with Crippen molar-refractivity contribution in [3.63, 3.8) is 0 Å². The summed E-state index contributed by atoms with van der Waals surface area (Å²) < 4.78 is 28.1. The Morgan fingerprint density at radius 3 is 2.16 bits per heavy atom. The van der Waals surface area contributed by atoms with E-state index in [9.17, 15) is 18.7 Å². The number of aliphatic carboxylic acids is 1. The second kappa shape index (κ2) is 11.6. The molecule has 0 saturated heterocycles. The second-order valence-electron chi connectivity index (χ2n) is 9.44. The van der Waals surface area contributed by atoms with Gasteiger partial charge in [0, 0.05) is 5.56 Å². The highest BCUT2D eigenvalue weighted by atomic mass is 19.1. The molecule has 0 radical (unpaired) electrons. The molecule has 1 aliphatic carbocycles. The first-order chi connectivity index (χ1) is 15.5. The molecule has 1 saturated carbocycles. The Balaban J connectivity index is 1.60. The molecule has 0 amide bonds. The molecule has 0 bridgehead atoms. The predicted octanol–water partition coefficient (Wildman–Crippen LogP) is 8.29. The van der Waals surface area contributed by atoms with Crippen LogP contribution in [0, 0.1) is 17.6 Å². The number of benzene rings is 2. The van der Waals surface area contributed by atoms with E-state index in [0.717, 1.165) is 12.8 Å². The number of hydrogen-bond donors (Lipinski definition) is 1. The Labute approximate surface area is 191 Å². The molecule has 4 heteroatoms. The van der Waals surface area contributed by atoms with Gasteiger partial charge in [0.15, 0.2) is 0 Å². The Morgan fingerprint density at radius 2 is 1.56 bits per heavy atom. The molecule has 1 fully saturated rings. The van der Waals surface area contributed by atoms with E-state index in [2.05, 4.69) is 6.92 Å². The number of carbonyl (C=O) groups is 1. The summed E-state index contributed by atoms with van der Waals surface area (Å²) >= 11 is 0. The van der Waals surface area contributed by atoms with Crippen molar-refractivity contribution in [1.82, 2.24) is 0 Å². The highest BCUT2D eigenvalue weighted by Gasteiger charge is 2.43. The predicted molar refractivity (Wildman–Crippen MR) is 126 cm³/mol. The molecule has 2 nitrogen and oxygen atoms in total. The maximum atomic E-state index is 14.9. The average molecular weight is 443 g/mol. The van der Waals surface area contributed by atoms with Gasteiger partial charge in [-0.05, 0) is 60.9 Å². The Bertz CT molecular complexity index is 868. The zero-order chi connectivity index (χ0) is 23.0. The fourth-order valence-corrected chi connectivity index (χ4v) is 5.15. The maximum Gasteiger partial charge on any atom is 0.314 e. The zero-order valence-electron chi connectivity index (χ0n) is 19.2. The van der Waals surface area contributed by atoms with Crippen molar-refractivity contribution in [2.45, 2.75) is 89.4 Å². The molecule has 32 heavy (non-hydrogen) atoms. The van der Waals surface area contributed by atoms with Gasteiger partial charge in [0.05, 0.1) is 5.41 Å². The third kappa shape index (κ3) is 5.96. The summed E-state index contributed by atoms with van der Waals surface area (Å²) in [6.07, 6.45) is 13.1. The summed E-state index contributed by atoms with van der Waals surface area (Å²) in [5.74, 6) is -1.12. The van der Waals surface area contributed by atoms with Gasteiger partial charge < -0.3 is 5.11 Å². The topological polar surface area (TPSA) is 37.3 Å². The van der Waals surface area contributed by atoms with Gasteiger partial charge in [0.1, 0.15) is 11.6 Å². The van der Waals surface area contributed by atoms with Crippen LogP contribution >= 0.6 is 0 Å². The normalized spacial score (nSPS) is 20.9. The smallest absolute Gasteiger partial charge is 0.314 e. The molecule has 2 aromatic rings. The van der Waals surface area contributed by atoms with Gasteiger partial charge in [0.2, 0.25) is 0 Å². The molecule has 174 valence electrons. The molecule has 1 N–H and O–H groups in total. The van der Waals surface area contributed by atoms with Crippen LogP contribution in [0.15, 0.2) is 42.5 Å². The van der Waals surface area contributed by atoms with Crippen LogP contribution in [0.2, 0.25) is 0 Å². The first-order valence-corrected chi connectivity index (χ1v) is 12.3. The summed E-state index contributed by atoms with van der Waals surface area (Å²) in [5.41, 5.74) is 0.474. The lowest BCUT2D eigenvalue weighted by molar-refractivity contribution is -0.145. The van der Waals surface area contributed by atoms with Gasteiger partial charge in [0.25, 0.3) is 0 Å². The van der Waals surface area contributed by atoms with E-state index in [-0.39, 0.29) is 5.82 Å². The second-order valence-corrected chi connectivity index (χ2v) is 9.44. The zero-order valence-corrected chi connectivity index (χ0v) is 19.2. The number of carboxylic acids is 1. The maximum absolute atomic E-state index is 14.9. The standard InChI is InChI=1S/C28H36F2O2/c1-2-3-4-5-6-7-8-9-21-16-18-28(19-17-21,27(31)32)23-12-15-25(26(30)20-23)22-10-13-24(29)14-11-22/h10-15,20-21H,2-9,16-19H2,1H3,(H,31,32). The van der Waals surface area contributed by atoms with Gasteiger partial charge in [-0.2, -0.15) is 0 Å². The molecule has 3 rings (SSSR count). The lowest BCUT2D eigenvalue weighted by Crippen LogP contribution is -2.39. The molecule has 1 aliphatic rings. The third-order valence-electron chi connectivity index (χ3n) is 7.26. The highest BCUT2D eigenvalue weighted by Crippen LogP contribution is 2.44. The van der Waals surface area contributed by atoms with Crippen LogP contribution < -0.4 is 0 Å². The van der Waals surface area contributed by atoms with Crippen molar-refractivity contribution in [1.29, 1.82) is 0 Å². The van der Waals surface area contributed by atoms with E-state index < -0.39 is 17.2 Å². The lowest BCUT2D eigenvalue weighted by Gasteiger charge is -2.37. The molecule has 0 atom stereocenters. The van der Waals surface area contributed by atoms with Gasteiger partial charge in [-0.1, -0.05) is 82.6 Å². The number of halogens is 2. The van der Waals surface area contributed by atoms with Gasteiger partial charge in [-0.15, -0.1) is 0 Å². The minimum absolute atomic E-state index is 0.363. The minimum atomic E-state index is -1.02. The van der Waals surface area contributed by atoms with E-state index in [0.29, 0.717) is 35.4 Å². The first kappa shape index (κ1) is 24.4. The van der Waals surface area contributed by atoms with Crippen molar-refractivity contribution in [3.05, 3.63) is 59.7 Å². The van der Waals surface area contributed by atoms with Crippen LogP contribution in [0.5, 0.6) is 0 Å². The molecule has 2 aromatic carbocycles. The lowest BCUT2D eigenvalue weighted by atomic mass is 9.66. The highest BCUT2D eigenvalue weighted by molar-refractivity contribution is 5.82. The quantitative estimate of drug-likeness (QED) is 0.355. The molecule has 0 aliphatic heterocycles. The SMILES string of the molecule is CCCCCCCCCC1CCC(C(=O)O)(c2ccc(-c3ccc(F)cc3)c(F)c2)CC1. The van der Waals surface area contributed by atoms with Gasteiger partial charge in [-0.25, -0.2) is 8.78 Å². The average Bonchev–Trinajstić information content (AvgIpc) is 2.79. The third-order valence-corrected chi connectivity index (χ3v) is 7.26. The number of rotatable bonds is 11. The summed E-state index contributed by atoms with van der Waals surface area (Å²) in [4.78, 5) is 12.3. The Hall–Kier alpha value is -2.23. The number of carboxylic acid groups (broad SMARTS) is 1. The minimum Gasteiger partial charge on any atom is -0.481 e. The van der Waals surface area contributed by atoms with Crippen LogP contribution in [-0.2, 0) is 10.2 Å². The van der Waals surface area contributed by atoms with E-state index in [1.54, 1.807) is 12.1 Å². The molecular formula is C28H36F2O2. The van der Waals surface area contributed by atoms with Crippen LogP contribution in [-0.4, -0.2) is 11.1 Å². The van der Waals surface area contributed by atoms with Gasteiger partial charge >= 0.3 is 5.97 Å². The van der Waals surface area contributed by atoms with Crippen molar-refractivity contribution in [2.24, 2.45) is 5.92 Å². The van der Waals surface area contributed by atoms with Crippen LogP contribution in [0.3, 0.4) is 0 Å². The first-order valence-electron chi connectivity index (χ1n) is 12.3. The number of hydrogen-bond acceptors (Lipinski definition) is 1. The summed E-state index contributed by atoms with van der Waals surface area (Å²) in [6, 6.07) is 10.4. The van der Waals surface area contributed by atoms with Crippen molar-refractivity contribution >= 4 is 5.97 Å². The monoisotopic (exact) mass is 442 g/mol. The van der Waals surface area contributed by atoms with Crippen molar-refractivity contribution in [2.75, 3.05) is 0 Å². The summed E-state index contributed by atoms with van der Waals surface area (Å²) in [7, 11) is 0. The summed E-state index contributed by atoms with van der Waals surface area (Å²) in [6.45, 7) is 2.23. The van der Waals surface area contributed by atoms with Crippen LogP contribution in [0.1, 0.15) is 89.5 Å². The summed E-state index contributed by atoms with van der Waals surface area (Å²) in [5, 5.41) is 10.1. The van der Waals surface area contributed by atoms with E-state index in [1.807, 2.05) is 0 Å². The van der Waals surface area contributed by atoms with Crippen molar-refractivity contribution < 1.29 is 18.7 Å². The fourth-order valence-electron chi connectivity index (χ4n) is 5.15. The Kier molecular flexibility index (Phi) is 8.84. The number of unbranched alkanes of at least 4 members (excludes halogenated alkanes) is 6. The van der Waals surface area contributed by atoms with Crippen LogP contribution in [0.4, 0.5) is 8.78 Å². The van der Waals surface area contributed by atoms with E-state index in [4.69, 9.17) is 0 Å². The fraction of sp³-hybridized carbons (Fsp3) is 0.536. The molecule has 0 unspecified atom stereocenters. The van der Waals surface area contributed by atoms with Gasteiger partial charge in [-0.3, -0.25) is 4.79 Å². The van der Waals surface area contributed by atoms with Crippen LogP contribution in [0.25, 0.3) is 11.1 Å². The van der Waals surface area contributed by atoms with E-state index >= 15 is 0 Å².